The Morgan fingerprint density at radius 1 is 0.966 bits per heavy atom. The van der Waals surface area contributed by atoms with E-state index in [2.05, 4.69) is 4.72 Å². The molecule has 0 saturated carbocycles. The van der Waals surface area contributed by atoms with Crippen LogP contribution in [-0.4, -0.2) is 24.1 Å². The Kier molecular flexibility index (Phi) is 6.07. The largest absolute Gasteiger partial charge is 0.573 e. The van der Waals surface area contributed by atoms with Crippen molar-refractivity contribution in [2.45, 2.75) is 11.4 Å². The van der Waals surface area contributed by atoms with Crippen molar-refractivity contribution in [3.05, 3.63) is 77.3 Å². The van der Waals surface area contributed by atoms with Gasteiger partial charge in [0, 0.05) is 54.5 Å². The van der Waals surface area contributed by atoms with Crippen LogP contribution in [0, 0.1) is 5.82 Å². The molecule has 0 spiro atoms. The van der Waals surface area contributed by atoms with Crippen LogP contribution < -0.4 is 0 Å². The maximum atomic E-state index is 13.0. The fourth-order valence-corrected chi connectivity index (χ4v) is 4.18. The van der Waals surface area contributed by atoms with E-state index in [1.54, 1.807) is 16.7 Å². The first-order chi connectivity index (χ1) is 13.3. The first-order valence-corrected chi connectivity index (χ1v) is 9.75. The molecule has 3 aromatic carbocycles. The molecule has 4 rings (SSSR count). The van der Waals surface area contributed by atoms with Crippen LogP contribution in [0.25, 0.3) is 26.5 Å². The van der Waals surface area contributed by atoms with Gasteiger partial charge >= 0.3 is 5.97 Å². The maximum Gasteiger partial charge on any atom is 0.323 e. The third kappa shape index (κ3) is 4.19. The number of nitrogens with zero attached hydrogens (tertiary/aromatic N) is 2. The van der Waals surface area contributed by atoms with Crippen LogP contribution in [0.5, 0.6) is 0 Å². The van der Waals surface area contributed by atoms with Crippen LogP contribution in [0.1, 0.15) is 0 Å². The van der Waals surface area contributed by atoms with Crippen LogP contribution >= 0.6 is 0 Å². The van der Waals surface area contributed by atoms with Crippen LogP contribution in [0.2, 0.25) is 0 Å². The number of fused-ring (bicyclic) bond motifs is 3. The van der Waals surface area contributed by atoms with Gasteiger partial charge in [-0.2, -0.15) is 0 Å². The fraction of sp³-hybridized carbons (Fsp3) is 0.0500. The van der Waals surface area contributed by atoms with Crippen LogP contribution in [0.3, 0.4) is 0 Å². The van der Waals surface area contributed by atoms with Gasteiger partial charge in [0.15, 0.2) is 0 Å². The van der Waals surface area contributed by atoms with Crippen molar-refractivity contribution in [2.24, 2.45) is 0 Å². The molecule has 0 amide bonds. The Labute approximate surface area is 191 Å². The van der Waals surface area contributed by atoms with E-state index in [0.29, 0.717) is 10.9 Å². The van der Waals surface area contributed by atoms with E-state index < -0.39 is 21.8 Å². The average molecular weight is 486 g/mol. The Balaban J connectivity index is 0.00000240. The molecule has 1 heterocycles. The number of hydrogen-bond donors (Lipinski definition) is 1. The van der Waals surface area contributed by atoms with Crippen LogP contribution in [0.15, 0.2) is 71.6 Å². The molecule has 0 saturated heterocycles. The SMILES string of the molecule is O=C(O)Cn1c2ccccc2c2cc([N-]S(=O)(=O)c3ccc(F)cc3)ccc21.[Y]. The number of aromatic nitrogens is 1. The number of carboxylic acids is 1. The summed E-state index contributed by atoms with van der Waals surface area (Å²) in [6, 6.07) is 16.5. The van der Waals surface area contributed by atoms with Gasteiger partial charge < -0.3 is 14.4 Å². The van der Waals surface area contributed by atoms with E-state index in [1.807, 2.05) is 24.3 Å². The minimum atomic E-state index is -4.01. The predicted octanol–water partition coefficient (Wildman–Crippen LogP) is 4.41. The summed E-state index contributed by atoms with van der Waals surface area (Å²) in [6.45, 7) is -0.214. The number of carbonyl (C=O) groups is 1. The summed E-state index contributed by atoms with van der Waals surface area (Å²) in [5, 5.41) is 10.7. The average Bonchev–Trinajstić information content (AvgIpc) is 2.95. The standard InChI is InChI=1S/C20H14FN2O4S.Y/c21-13-5-8-15(9-6-13)28(26,27)22-14-7-10-19-17(11-14)16-3-1-2-4-18(16)23(19)12-20(24)25;/h1-11H,12H2,(H,24,25);/q-1;. The quantitative estimate of drug-likeness (QED) is 0.453. The molecular formula is C20H14FN2O4SY-. The van der Waals surface area contributed by atoms with Crippen LogP contribution in [-0.2, 0) is 54.1 Å². The molecule has 0 bridgehead atoms. The summed E-state index contributed by atoms with van der Waals surface area (Å²) >= 11 is 0. The van der Waals surface area contributed by atoms with Crippen molar-refractivity contribution >= 4 is 43.5 Å². The normalized spacial score (nSPS) is 11.3. The Morgan fingerprint density at radius 3 is 2.31 bits per heavy atom. The van der Waals surface area contributed by atoms with E-state index in [-0.39, 0.29) is 49.8 Å². The first-order valence-electron chi connectivity index (χ1n) is 8.31. The summed E-state index contributed by atoms with van der Waals surface area (Å²) < 4.78 is 43.5. The van der Waals surface area contributed by atoms with Gasteiger partial charge in [0.25, 0.3) is 0 Å². The van der Waals surface area contributed by atoms with Crippen molar-refractivity contribution in [3.8, 4) is 0 Å². The van der Waals surface area contributed by atoms with Crippen molar-refractivity contribution in [1.29, 1.82) is 0 Å². The number of halogens is 1. The molecule has 145 valence electrons. The first kappa shape index (κ1) is 21.4. The van der Waals surface area contributed by atoms with E-state index in [9.17, 15) is 22.7 Å². The third-order valence-electron chi connectivity index (χ3n) is 4.39. The van der Waals surface area contributed by atoms with Gasteiger partial charge in [-0.25, -0.2) is 12.8 Å². The van der Waals surface area contributed by atoms with E-state index in [0.717, 1.165) is 35.2 Å². The molecule has 6 nitrogen and oxygen atoms in total. The smallest absolute Gasteiger partial charge is 0.323 e. The van der Waals surface area contributed by atoms with E-state index in [1.165, 1.54) is 6.07 Å². The fourth-order valence-electron chi connectivity index (χ4n) is 3.20. The maximum absolute atomic E-state index is 13.0. The molecule has 0 aliphatic rings. The molecule has 29 heavy (non-hydrogen) atoms. The zero-order chi connectivity index (χ0) is 19.9. The monoisotopic (exact) mass is 486 g/mol. The van der Waals surface area contributed by atoms with Crippen molar-refractivity contribution in [2.75, 3.05) is 0 Å². The summed E-state index contributed by atoms with van der Waals surface area (Å²) in [7, 11) is -4.01. The summed E-state index contributed by atoms with van der Waals surface area (Å²) in [5.74, 6) is -1.51. The second-order valence-electron chi connectivity index (χ2n) is 6.22. The number of carboxylic acid groups (broad SMARTS) is 1. The number of aliphatic carboxylic acids is 1. The molecule has 4 aromatic rings. The van der Waals surface area contributed by atoms with Crippen molar-refractivity contribution in [3.63, 3.8) is 0 Å². The molecule has 0 atom stereocenters. The number of para-hydroxylation sites is 1. The Morgan fingerprint density at radius 2 is 1.62 bits per heavy atom. The third-order valence-corrected chi connectivity index (χ3v) is 5.71. The summed E-state index contributed by atoms with van der Waals surface area (Å²) in [6.07, 6.45) is 0. The Bertz CT molecular complexity index is 1320. The second kappa shape index (κ2) is 8.22. The van der Waals surface area contributed by atoms with Gasteiger partial charge in [0.1, 0.15) is 22.4 Å². The Hall–Kier alpha value is -2.29. The van der Waals surface area contributed by atoms with Crippen molar-refractivity contribution in [1.82, 2.24) is 4.57 Å². The van der Waals surface area contributed by atoms with Gasteiger partial charge in [-0.3, -0.25) is 4.79 Å². The molecule has 1 radical (unpaired) electrons. The van der Waals surface area contributed by atoms with Gasteiger partial charge in [-0.15, -0.1) is 5.69 Å². The molecule has 0 aliphatic carbocycles. The zero-order valence-electron chi connectivity index (χ0n) is 15.0. The number of hydrogen-bond acceptors (Lipinski definition) is 3. The predicted molar refractivity (Wildman–Crippen MR) is 104 cm³/mol. The molecule has 0 fully saturated rings. The molecule has 0 unspecified atom stereocenters. The minimum absolute atomic E-state index is 0. The molecular weight excluding hydrogens is 472 g/mol. The van der Waals surface area contributed by atoms with Gasteiger partial charge in [-0.05, 0) is 36.4 Å². The number of sulfonamides is 1. The second-order valence-corrected chi connectivity index (χ2v) is 7.82. The summed E-state index contributed by atoms with van der Waals surface area (Å²) in [5.41, 5.74) is 1.61. The molecule has 9 heteroatoms. The van der Waals surface area contributed by atoms with Gasteiger partial charge in [-0.1, -0.05) is 30.3 Å². The van der Waals surface area contributed by atoms with Crippen LogP contribution in [0.4, 0.5) is 10.1 Å². The van der Waals surface area contributed by atoms with E-state index in [4.69, 9.17) is 0 Å². The molecule has 1 N–H and O–H groups in total. The van der Waals surface area contributed by atoms with Gasteiger partial charge in [0.2, 0.25) is 0 Å². The number of benzene rings is 3. The number of rotatable bonds is 5. The van der Waals surface area contributed by atoms with E-state index >= 15 is 0 Å². The van der Waals surface area contributed by atoms with Crippen molar-refractivity contribution < 1.29 is 55.4 Å². The van der Waals surface area contributed by atoms with Gasteiger partial charge in [0.05, 0.1) is 4.90 Å². The molecule has 0 aliphatic heterocycles. The summed E-state index contributed by atoms with van der Waals surface area (Å²) in [4.78, 5) is 11.1. The topological polar surface area (TPSA) is 90.5 Å². The molecule has 1 aromatic heterocycles. The minimum Gasteiger partial charge on any atom is -0.573 e. The zero-order valence-corrected chi connectivity index (χ0v) is 18.6.